The molecular weight excluding hydrogens is 303 g/mol. The van der Waals surface area contributed by atoms with Crippen LogP contribution in [-0.4, -0.2) is 39.5 Å². The highest BCUT2D eigenvalue weighted by atomic mass is 32.2. The summed E-state index contributed by atoms with van der Waals surface area (Å²) in [7, 11) is -3.62. The van der Waals surface area contributed by atoms with E-state index in [0.29, 0.717) is 18.4 Å². The summed E-state index contributed by atoms with van der Waals surface area (Å²) in [5.74, 6) is 0.861. The Morgan fingerprint density at radius 2 is 1.95 bits per heavy atom. The molecule has 0 bridgehead atoms. The topological polar surface area (TPSA) is 49.4 Å². The van der Waals surface area contributed by atoms with E-state index in [-0.39, 0.29) is 4.90 Å². The number of likely N-dealkylation sites (tertiary alicyclic amines) is 1. The number of nitrogens with one attached hydrogen (secondary N) is 1. The number of nitrogens with zero attached hydrogens (tertiary/aromatic N) is 1. The fraction of sp³-hybridized carbons (Fsp3) is 0.625. The molecule has 1 aliphatic rings. The highest BCUT2D eigenvalue weighted by Crippen LogP contribution is 2.20. The van der Waals surface area contributed by atoms with Crippen LogP contribution in [0.2, 0.25) is 0 Å². The molecule has 6 heteroatoms. The lowest BCUT2D eigenvalue weighted by Crippen LogP contribution is -2.40. The van der Waals surface area contributed by atoms with Crippen LogP contribution in [0.1, 0.15) is 26.7 Å². The third kappa shape index (κ3) is 5.04. The molecule has 22 heavy (non-hydrogen) atoms. The summed E-state index contributed by atoms with van der Waals surface area (Å²) < 4.78 is 39.7. The quantitative estimate of drug-likeness (QED) is 0.816. The highest BCUT2D eigenvalue weighted by molar-refractivity contribution is 7.89. The number of piperidine rings is 1. The minimum atomic E-state index is -3.62. The maximum atomic E-state index is 13.1. The second-order valence-electron chi connectivity index (χ2n) is 6.41. The van der Waals surface area contributed by atoms with Gasteiger partial charge in [-0.25, -0.2) is 17.5 Å². The lowest BCUT2D eigenvalue weighted by Gasteiger charge is -2.34. The Kier molecular flexibility index (Phi) is 5.94. The van der Waals surface area contributed by atoms with Gasteiger partial charge in [0.15, 0.2) is 0 Å². The second-order valence-corrected chi connectivity index (χ2v) is 8.18. The van der Waals surface area contributed by atoms with Gasteiger partial charge >= 0.3 is 0 Å². The van der Waals surface area contributed by atoms with Crippen LogP contribution >= 0.6 is 0 Å². The molecule has 0 radical (unpaired) electrons. The van der Waals surface area contributed by atoms with Crippen LogP contribution in [-0.2, 0) is 10.0 Å². The number of halogens is 1. The van der Waals surface area contributed by atoms with Crippen LogP contribution < -0.4 is 4.72 Å². The highest BCUT2D eigenvalue weighted by Gasteiger charge is 2.21. The molecule has 0 amide bonds. The largest absolute Gasteiger partial charge is 0.303 e. The number of benzene rings is 1. The first-order chi connectivity index (χ1) is 10.4. The fourth-order valence-electron chi connectivity index (χ4n) is 3.20. The number of hydrogen-bond donors (Lipinski definition) is 1. The van der Waals surface area contributed by atoms with Gasteiger partial charge in [-0.3, -0.25) is 0 Å². The predicted octanol–water partition coefficient (Wildman–Crippen LogP) is 2.47. The summed E-state index contributed by atoms with van der Waals surface area (Å²) >= 11 is 0. The summed E-state index contributed by atoms with van der Waals surface area (Å²) in [6, 6.07) is 5.08. The lowest BCUT2D eigenvalue weighted by atomic mass is 9.92. The Morgan fingerprint density at radius 1 is 1.27 bits per heavy atom. The first-order valence-electron chi connectivity index (χ1n) is 7.84. The first kappa shape index (κ1) is 17.4. The van der Waals surface area contributed by atoms with E-state index in [1.54, 1.807) is 0 Å². The number of sulfonamides is 1. The third-order valence-electron chi connectivity index (χ3n) is 3.99. The van der Waals surface area contributed by atoms with Crippen molar-refractivity contribution in [1.82, 2.24) is 9.62 Å². The van der Waals surface area contributed by atoms with E-state index in [1.165, 1.54) is 24.6 Å². The van der Waals surface area contributed by atoms with E-state index < -0.39 is 15.8 Å². The van der Waals surface area contributed by atoms with Gasteiger partial charge in [-0.05, 0) is 49.4 Å². The summed E-state index contributed by atoms with van der Waals surface area (Å²) in [5, 5.41) is 0. The molecule has 1 heterocycles. The van der Waals surface area contributed by atoms with Crippen LogP contribution in [0.25, 0.3) is 0 Å². The van der Waals surface area contributed by atoms with Crippen LogP contribution in [0.5, 0.6) is 0 Å². The van der Waals surface area contributed by atoms with Gasteiger partial charge in [0.1, 0.15) is 5.82 Å². The molecule has 1 fully saturated rings. The van der Waals surface area contributed by atoms with Crippen molar-refractivity contribution >= 4 is 10.0 Å². The molecule has 0 saturated carbocycles. The standard InChI is InChI=1S/C16H25FN2O2S/c1-13-9-14(2)12-19(11-13)8-4-7-18-22(20,21)16-6-3-5-15(17)10-16/h3,5-6,10,13-14,18H,4,7-9,11-12H2,1-2H3/t13-,14+. The number of hydrogen-bond acceptors (Lipinski definition) is 3. The Morgan fingerprint density at radius 3 is 2.59 bits per heavy atom. The van der Waals surface area contributed by atoms with Crippen molar-refractivity contribution in [3.05, 3.63) is 30.1 Å². The van der Waals surface area contributed by atoms with Crippen molar-refractivity contribution in [3.8, 4) is 0 Å². The molecule has 0 aliphatic carbocycles. The molecule has 1 aromatic rings. The Balaban J connectivity index is 1.78. The molecule has 1 aromatic carbocycles. The maximum absolute atomic E-state index is 13.1. The van der Waals surface area contributed by atoms with Gasteiger partial charge in [0.25, 0.3) is 0 Å². The summed E-state index contributed by atoms with van der Waals surface area (Å²) in [5.41, 5.74) is 0. The molecule has 2 atom stereocenters. The Labute approximate surface area is 132 Å². The van der Waals surface area contributed by atoms with E-state index >= 15 is 0 Å². The van der Waals surface area contributed by atoms with E-state index in [4.69, 9.17) is 0 Å². The second kappa shape index (κ2) is 7.53. The van der Waals surface area contributed by atoms with Gasteiger partial charge in [-0.1, -0.05) is 19.9 Å². The molecule has 1 saturated heterocycles. The molecule has 1 N–H and O–H groups in total. The van der Waals surface area contributed by atoms with Gasteiger partial charge in [0.05, 0.1) is 4.90 Å². The average Bonchev–Trinajstić information content (AvgIpc) is 2.43. The van der Waals surface area contributed by atoms with Crippen LogP contribution in [0, 0.1) is 17.7 Å². The Bertz CT molecular complexity index is 582. The van der Waals surface area contributed by atoms with Gasteiger partial charge < -0.3 is 4.90 Å². The minimum absolute atomic E-state index is 0.0206. The molecular formula is C16H25FN2O2S. The fourth-order valence-corrected chi connectivity index (χ4v) is 4.31. The molecule has 0 spiro atoms. The third-order valence-corrected chi connectivity index (χ3v) is 5.45. The van der Waals surface area contributed by atoms with Crippen molar-refractivity contribution in [2.45, 2.75) is 31.6 Å². The van der Waals surface area contributed by atoms with Gasteiger partial charge in [0.2, 0.25) is 10.0 Å². The van der Waals surface area contributed by atoms with Crippen molar-refractivity contribution in [3.63, 3.8) is 0 Å². The molecule has 2 rings (SSSR count). The van der Waals surface area contributed by atoms with E-state index in [1.807, 2.05) is 0 Å². The monoisotopic (exact) mass is 328 g/mol. The summed E-state index contributed by atoms with van der Waals surface area (Å²) in [4.78, 5) is 2.38. The zero-order valence-corrected chi connectivity index (χ0v) is 14.1. The molecule has 0 aromatic heterocycles. The van der Waals surface area contributed by atoms with Crippen LogP contribution in [0.3, 0.4) is 0 Å². The lowest BCUT2D eigenvalue weighted by molar-refractivity contribution is 0.140. The number of rotatable bonds is 6. The minimum Gasteiger partial charge on any atom is -0.303 e. The first-order valence-corrected chi connectivity index (χ1v) is 9.33. The normalized spacial score (nSPS) is 23.6. The molecule has 124 valence electrons. The van der Waals surface area contributed by atoms with Gasteiger partial charge in [-0.2, -0.15) is 0 Å². The van der Waals surface area contributed by atoms with E-state index in [0.717, 1.165) is 32.1 Å². The molecule has 4 nitrogen and oxygen atoms in total. The Hall–Kier alpha value is -0.980. The van der Waals surface area contributed by atoms with Gasteiger partial charge in [-0.15, -0.1) is 0 Å². The van der Waals surface area contributed by atoms with Crippen molar-refractivity contribution in [2.24, 2.45) is 11.8 Å². The predicted molar refractivity (Wildman–Crippen MR) is 85.6 cm³/mol. The van der Waals surface area contributed by atoms with E-state index in [2.05, 4.69) is 23.5 Å². The zero-order chi connectivity index (χ0) is 16.2. The van der Waals surface area contributed by atoms with Crippen molar-refractivity contribution in [2.75, 3.05) is 26.2 Å². The van der Waals surface area contributed by atoms with Gasteiger partial charge in [0, 0.05) is 19.6 Å². The average molecular weight is 328 g/mol. The SMILES string of the molecule is C[C@@H]1C[C@H](C)CN(CCCNS(=O)(=O)c2cccc(F)c2)C1. The van der Waals surface area contributed by atoms with Crippen LogP contribution in [0.4, 0.5) is 4.39 Å². The van der Waals surface area contributed by atoms with Crippen LogP contribution in [0.15, 0.2) is 29.2 Å². The molecule has 0 unspecified atom stereocenters. The zero-order valence-electron chi connectivity index (χ0n) is 13.3. The van der Waals surface area contributed by atoms with Crippen molar-refractivity contribution in [1.29, 1.82) is 0 Å². The summed E-state index contributed by atoms with van der Waals surface area (Å²) in [6.07, 6.45) is 2.02. The smallest absolute Gasteiger partial charge is 0.240 e. The molecule has 1 aliphatic heterocycles. The van der Waals surface area contributed by atoms with E-state index in [9.17, 15) is 12.8 Å². The summed E-state index contributed by atoms with van der Waals surface area (Å²) in [6.45, 7) is 7.95. The maximum Gasteiger partial charge on any atom is 0.240 e. The van der Waals surface area contributed by atoms with Crippen molar-refractivity contribution < 1.29 is 12.8 Å².